The van der Waals surface area contributed by atoms with Crippen LogP contribution in [0.3, 0.4) is 0 Å². The average molecular weight is 420 g/mol. The van der Waals surface area contributed by atoms with Gasteiger partial charge in [-0.2, -0.15) is 0 Å². The molecule has 0 aliphatic rings. The fraction of sp³-hybridized carbons (Fsp3) is 0.300. The van der Waals surface area contributed by atoms with E-state index in [1.54, 1.807) is 18.2 Å². The number of methoxy groups -OCH3 is 1. The maximum absolute atomic E-state index is 12.6. The summed E-state index contributed by atoms with van der Waals surface area (Å²) in [4.78, 5) is 24.9. The Morgan fingerprint density at radius 2 is 1.79 bits per heavy atom. The Morgan fingerprint density at radius 3 is 2.38 bits per heavy atom. The first-order valence-electron chi connectivity index (χ1n) is 8.85. The Morgan fingerprint density at radius 1 is 1.10 bits per heavy atom. The molecule has 0 bridgehead atoms. The van der Waals surface area contributed by atoms with Crippen molar-refractivity contribution in [3.63, 3.8) is 0 Å². The van der Waals surface area contributed by atoms with E-state index in [4.69, 9.17) is 4.74 Å². The number of sulfonamides is 1. The normalized spacial score (nSPS) is 12.3. The average Bonchev–Trinajstić information content (AvgIpc) is 2.67. The molecule has 8 nitrogen and oxygen atoms in total. The van der Waals surface area contributed by atoms with Crippen molar-refractivity contribution in [3.8, 4) is 5.75 Å². The quantitative estimate of drug-likeness (QED) is 0.714. The number of nitrogens with one attached hydrogen (secondary N) is 2. The number of hydrogen-bond acceptors (Lipinski definition) is 5. The maximum atomic E-state index is 12.6. The van der Waals surface area contributed by atoms with E-state index in [9.17, 15) is 18.0 Å². The maximum Gasteiger partial charge on any atom is 0.251 e. The zero-order chi connectivity index (χ0) is 21.8. The van der Waals surface area contributed by atoms with E-state index in [1.165, 1.54) is 46.3 Å². The van der Waals surface area contributed by atoms with Crippen molar-refractivity contribution in [1.29, 1.82) is 0 Å². The molecule has 0 aromatic heterocycles. The van der Waals surface area contributed by atoms with E-state index >= 15 is 0 Å². The van der Waals surface area contributed by atoms with E-state index in [1.807, 2.05) is 13.0 Å². The minimum absolute atomic E-state index is 0.00930. The van der Waals surface area contributed by atoms with E-state index in [0.29, 0.717) is 11.3 Å². The van der Waals surface area contributed by atoms with Crippen molar-refractivity contribution in [3.05, 3.63) is 53.6 Å². The van der Waals surface area contributed by atoms with Crippen LogP contribution in [0.1, 0.15) is 22.8 Å². The molecule has 0 radical (unpaired) electrons. The van der Waals surface area contributed by atoms with Gasteiger partial charge in [-0.1, -0.05) is 17.7 Å². The first-order valence-corrected chi connectivity index (χ1v) is 10.3. The zero-order valence-electron chi connectivity index (χ0n) is 17.0. The van der Waals surface area contributed by atoms with Crippen molar-refractivity contribution in [2.75, 3.05) is 26.5 Å². The predicted molar refractivity (Wildman–Crippen MR) is 111 cm³/mol. The number of hydrogen-bond donors (Lipinski definition) is 2. The minimum atomic E-state index is -3.68. The van der Waals surface area contributed by atoms with Gasteiger partial charge in [0, 0.05) is 19.7 Å². The first-order chi connectivity index (χ1) is 13.6. The van der Waals surface area contributed by atoms with E-state index in [0.717, 1.165) is 9.87 Å². The highest BCUT2D eigenvalue weighted by Crippen LogP contribution is 2.28. The molecule has 1 atom stereocenters. The van der Waals surface area contributed by atoms with Crippen LogP contribution < -0.4 is 15.4 Å². The number of carbonyl (C=O) groups is 2. The minimum Gasteiger partial charge on any atom is -0.495 e. The monoisotopic (exact) mass is 419 g/mol. The first kappa shape index (κ1) is 22.4. The molecule has 2 aromatic rings. The van der Waals surface area contributed by atoms with Crippen molar-refractivity contribution in [2.45, 2.75) is 24.8 Å². The van der Waals surface area contributed by atoms with E-state index in [2.05, 4.69) is 10.6 Å². The van der Waals surface area contributed by atoms with E-state index in [-0.39, 0.29) is 16.5 Å². The topological polar surface area (TPSA) is 105 Å². The van der Waals surface area contributed by atoms with Gasteiger partial charge < -0.3 is 15.4 Å². The van der Waals surface area contributed by atoms with Crippen LogP contribution in [-0.4, -0.2) is 51.8 Å². The molecule has 0 spiro atoms. The summed E-state index contributed by atoms with van der Waals surface area (Å²) in [7, 11) is 0.563. The summed E-state index contributed by atoms with van der Waals surface area (Å²) in [6, 6.07) is 10.3. The highest BCUT2D eigenvalue weighted by molar-refractivity contribution is 7.89. The number of benzene rings is 2. The molecule has 9 heteroatoms. The standard InChI is InChI=1S/C20H25N3O5S/c1-13-7-6-8-15(11-13)20(25)21-14(2)19(24)22-17-12-16(9-10-18(17)28-5)29(26,27)23(3)4/h6-12,14H,1-5H3,(H,21,25)(H,22,24)/t14-/m0/s1. The molecule has 156 valence electrons. The largest absolute Gasteiger partial charge is 0.495 e. The number of ether oxygens (including phenoxy) is 1. The van der Waals surface area contributed by atoms with Gasteiger partial charge in [0.15, 0.2) is 0 Å². The Labute approximate surface area is 170 Å². The summed E-state index contributed by atoms with van der Waals surface area (Å²) in [6.07, 6.45) is 0. The molecule has 0 unspecified atom stereocenters. The number of anilines is 1. The smallest absolute Gasteiger partial charge is 0.251 e. The Balaban J connectivity index is 2.19. The third-order valence-electron chi connectivity index (χ3n) is 4.23. The molecule has 29 heavy (non-hydrogen) atoms. The SMILES string of the molecule is COc1ccc(S(=O)(=O)N(C)C)cc1NC(=O)[C@H](C)NC(=O)c1cccc(C)c1. The second-order valence-electron chi connectivity index (χ2n) is 6.70. The van der Waals surface area contributed by atoms with Crippen molar-refractivity contribution in [1.82, 2.24) is 9.62 Å². The summed E-state index contributed by atoms with van der Waals surface area (Å²) >= 11 is 0. The second-order valence-corrected chi connectivity index (χ2v) is 8.86. The number of carbonyl (C=O) groups excluding carboxylic acids is 2. The molecule has 0 fully saturated rings. The summed E-state index contributed by atoms with van der Waals surface area (Å²) < 4.78 is 31.0. The lowest BCUT2D eigenvalue weighted by atomic mass is 10.1. The van der Waals surface area contributed by atoms with Gasteiger partial charge in [-0.15, -0.1) is 0 Å². The Bertz CT molecular complexity index is 1020. The van der Waals surface area contributed by atoms with Crippen LogP contribution in [0, 0.1) is 6.92 Å². The molecule has 0 saturated heterocycles. The highest BCUT2D eigenvalue weighted by Gasteiger charge is 2.22. The Kier molecular flexibility index (Phi) is 6.99. The van der Waals surface area contributed by atoms with Crippen molar-refractivity contribution < 1.29 is 22.7 Å². The number of nitrogens with zero attached hydrogens (tertiary/aromatic N) is 1. The summed E-state index contributed by atoms with van der Waals surface area (Å²) in [5, 5.41) is 5.24. The van der Waals surface area contributed by atoms with Crippen molar-refractivity contribution in [2.24, 2.45) is 0 Å². The predicted octanol–water partition coefficient (Wildman–Crippen LogP) is 2.01. The van der Waals surface area contributed by atoms with Crippen LogP contribution in [0.5, 0.6) is 5.75 Å². The molecular formula is C20H25N3O5S. The molecule has 2 amide bonds. The molecule has 2 N–H and O–H groups in total. The lowest BCUT2D eigenvalue weighted by molar-refractivity contribution is -0.117. The van der Waals surface area contributed by atoms with Crippen LogP contribution in [0.4, 0.5) is 5.69 Å². The number of amides is 2. The van der Waals surface area contributed by atoms with Gasteiger partial charge in [-0.3, -0.25) is 9.59 Å². The molecule has 0 heterocycles. The fourth-order valence-electron chi connectivity index (χ4n) is 2.53. The van der Waals surface area contributed by atoms with Gasteiger partial charge in [0.1, 0.15) is 11.8 Å². The fourth-order valence-corrected chi connectivity index (χ4v) is 3.46. The summed E-state index contributed by atoms with van der Waals surface area (Å²) in [6.45, 7) is 3.41. The van der Waals surface area contributed by atoms with Crippen LogP contribution >= 0.6 is 0 Å². The van der Waals surface area contributed by atoms with Gasteiger partial charge >= 0.3 is 0 Å². The second kappa shape index (κ2) is 9.06. The lowest BCUT2D eigenvalue weighted by Crippen LogP contribution is -2.41. The van der Waals surface area contributed by atoms with Gasteiger partial charge in [0.25, 0.3) is 5.91 Å². The van der Waals surface area contributed by atoms with Gasteiger partial charge in [-0.05, 0) is 44.2 Å². The number of rotatable bonds is 7. The van der Waals surface area contributed by atoms with Gasteiger partial charge in [-0.25, -0.2) is 12.7 Å². The van der Waals surface area contributed by atoms with Gasteiger partial charge in [0.05, 0.1) is 17.7 Å². The van der Waals surface area contributed by atoms with Crippen LogP contribution in [0.2, 0.25) is 0 Å². The van der Waals surface area contributed by atoms with Crippen LogP contribution in [0.25, 0.3) is 0 Å². The molecule has 0 aliphatic heterocycles. The lowest BCUT2D eigenvalue weighted by Gasteiger charge is -2.18. The molecule has 2 aromatic carbocycles. The summed E-state index contributed by atoms with van der Waals surface area (Å²) in [5.41, 5.74) is 1.57. The molecule has 0 saturated carbocycles. The third kappa shape index (κ3) is 5.33. The highest BCUT2D eigenvalue weighted by atomic mass is 32.2. The zero-order valence-corrected chi connectivity index (χ0v) is 17.8. The summed E-state index contributed by atoms with van der Waals surface area (Å²) in [5.74, 6) is -0.593. The van der Waals surface area contributed by atoms with Gasteiger partial charge in [0.2, 0.25) is 15.9 Å². The van der Waals surface area contributed by atoms with E-state index < -0.39 is 22.0 Å². The Hall–Kier alpha value is -2.91. The molecule has 0 aliphatic carbocycles. The van der Waals surface area contributed by atoms with Crippen LogP contribution in [0.15, 0.2) is 47.4 Å². The number of aryl methyl sites for hydroxylation is 1. The molecular weight excluding hydrogens is 394 g/mol. The third-order valence-corrected chi connectivity index (χ3v) is 6.04. The molecule has 2 rings (SSSR count). The van der Waals surface area contributed by atoms with Crippen molar-refractivity contribution >= 4 is 27.5 Å². The van der Waals surface area contributed by atoms with Crippen LogP contribution in [-0.2, 0) is 14.8 Å².